The lowest BCUT2D eigenvalue weighted by Crippen LogP contribution is -2.47. The Labute approximate surface area is 173 Å². The van der Waals surface area contributed by atoms with E-state index in [-0.39, 0.29) is 18.2 Å². The van der Waals surface area contributed by atoms with Crippen molar-refractivity contribution < 1.29 is 13.5 Å². The van der Waals surface area contributed by atoms with Crippen LogP contribution in [0.4, 0.5) is 20.4 Å². The number of nitrogens with two attached hydrogens (primary N) is 1. The number of hydrogen-bond donors (Lipinski definition) is 1. The molecule has 0 radical (unpaired) electrons. The van der Waals surface area contributed by atoms with E-state index < -0.39 is 0 Å². The molecule has 8 heteroatoms. The van der Waals surface area contributed by atoms with Crippen LogP contribution >= 0.6 is 0 Å². The fourth-order valence-corrected chi connectivity index (χ4v) is 3.60. The van der Waals surface area contributed by atoms with Gasteiger partial charge in [0.1, 0.15) is 17.4 Å². The predicted molar refractivity (Wildman–Crippen MR) is 113 cm³/mol. The third-order valence-electron chi connectivity index (χ3n) is 5.17. The molecule has 0 aliphatic carbocycles. The molecule has 0 unspecified atom stereocenters. The monoisotopic (exact) mass is 411 g/mol. The number of hydrogen-bond acceptors (Lipinski definition) is 6. The van der Waals surface area contributed by atoms with Gasteiger partial charge >= 0.3 is 0 Å². The Balaban J connectivity index is 1.61. The molecule has 0 atom stereocenters. The molecule has 156 valence electrons. The summed E-state index contributed by atoms with van der Waals surface area (Å²) in [5.41, 5.74) is 8.19. The Morgan fingerprint density at radius 3 is 2.40 bits per heavy atom. The highest BCUT2D eigenvalue weighted by atomic mass is 19.1. The molecule has 2 N–H and O–H groups in total. The van der Waals surface area contributed by atoms with Crippen molar-refractivity contribution in [3.63, 3.8) is 0 Å². The summed E-state index contributed by atoms with van der Waals surface area (Å²) in [5.74, 6) is 0.437. The fraction of sp³-hybridized carbons (Fsp3) is 0.273. The van der Waals surface area contributed by atoms with Crippen LogP contribution in [0, 0.1) is 11.6 Å². The van der Waals surface area contributed by atoms with Crippen LogP contribution in [-0.2, 0) is 6.54 Å². The zero-order chi connectivity index (χ0) is 21.1. The van der Waals surface area contributed by atoms with E-state index in [0.717, 1.165) is 0 Å². The number of aromatic nitrogens is 2. The van der Waals surface area contributed by atoms with Gasteiger partial charge in [-0.15, -0.1) is 0 Å². The van der Waals surface area contributed by atoms with Crippen molar-refractivity contribution in [2.45, 2.75) is 6.54 Å². The number of benzene rings is 2. The van der Waals surface area contributed by atoms with Gasteiger partial charge in [0.05, 0.1) is 24.2 Å². The standard InChI is InChI=1S/C22H23F2N5O/c1-30-21-7-6-15(23)12-17(21)19-13-16(14-25)26-22(27-19)29-10-8-28(9-11-29)20-5-3-2-4-18(20)24/h2-7,12-13H,8-11,14,25H2,1H3. The molecule has 0 amide bonds. The Morgan fingerprint density at radius 2 is 1.70 bits per heavy atom. The minimum absolute atomic E-state index is 0.229. The minimum Gasteiger partial charge on any atom is -0.496 e. The first-order valence-corrected chi connectivity index (χ1v) is 9.75. The van der Waals surface area contributed by atoms with Gasteiger partial charge < -0.3 is 20.3 Å². The molecule has 30 heavy (non-hydrogen) atoms. The van der Waals surface area contributed by atoms with Crippen LogP contribution in [0.5, 0.6) is 5.75 Å². The van der Waals surface area contributed by atoms with Crippen molar-refractivity contribution in [3.8, 4) is 17.0 Å². The molecular formula is C22H23F2N5O. The van der Waals surface area contributed by atoms with Gasteiger partial charge in [-0.25, -0.2) is 18.7 Å². The third kappa shape index (κ3) is 4.04. The largest absolute Gasteiger partial charge is 0.496 e. The van der Waals surface area contributed by atoms with E-state index in [9.17, 15) is 8.78 Å². The average molecular weight is 411 g/mol. The summed E-state index contributed by atoms with van der Waals surface area (Å²) in [6.07, 6.45) is 0. The van der Waals surface area contributed by atoms with Crippen molar-refractivity contribution in [1.29, 1.82) is 0 Å². The van der Waals surface area contributed by atoms with Crippen LogP contribution in [0.25, 0.3) is 11.3 Å². The molecular weight excluding hydrogens is 388 g/mol. The van der Waals surface area contributed by atoms with Crippen LogP contribution in [-0.4, -0.2) is 43.3 Å². The number of nitrogens with zero attached hydrogens (tertiary/aromatic N) is 4. The van der Waals surface area contributed by atoms with E-state index in [0.29, 0.717) is 60.5 Å². The Bertz CT molecular complexity index is 1040. The molecule has 1 aliphatic rings. The Hall–Kier alpha value is -3.26. The van der Waals surface area contributed by atoms with Gasteiger partial charge in [-0.2, -0.15) is 0 Å². The number of halogens is 2. The molecule has 1 fully saturated rings. The molecule has 4 rings (SSSR count). The SMILES string of the molecule is COc1ccc(F)cc1-c1cc(CN)nc(N2CCN(c3ccccc3F)CC2)n1. The van der Waals surface area contributed by atoms with E-state index in [1.165, 1.54) is 25.3 Å². The van der Waals surface area contributed by atoms with Crippen molar-refractivity contribution >= 4 is 11.6 Å². The molecule has 3 aromatic rings. The number of methoxy groups -OCH3 is 1. The second-order valence-electron chi connectivity index (χ2n) is 7.02. The van der Waals surface area contributed by atoms with E-state index in [1.807, 2.05) is 15.9 Å². The fourth-order valence-electron chi connectivity index (χ4n) is 3.60. The molecule has 6 nitrogen and oxygen atoms in total. The van der Waals surface area contributed by atoms with Crippen molar-refractivity contribution in [3.05, 3.63) is 65.9 Å². The van der Waals surface area contributed by atoms with E-state index in [4.69, 9.17) is 10.5 Å². The number of rotatable bonds is 5. The first-order chi connectivity index (χ1) is 14.6. The van der Waals surface area contributed by atoms with E-state index >= 15 is 0 Å². The zero-order valence-electron chi connectivity index (χ0n) is 16.7. The summed E-state index contributed by atoms with van der Waals surface area (Å²) in [6.45, 7) is 2.76. The van der Waals surface area contributed by atoms with Gasteiger partial charge in [0.2, 0.25) is 5.95 Å². The van der Waals surface area contributed by atoms with Gasteiger partial charge in [0, 0.05) is 38.3 Å². The topological polar surface area (TPSA) is 67.5 Å². The molecule has 0 spiro atoms. The summed E-state index contributed by atoms with van der Waals surface area (Å²) >= 11 is 0. The minimum atomic E-state index is -0.376. The Morgan fingerprint density at radius 1 is 0.967 bits per heavy atom. The van der Waals surface area contributed by atoms with Gasteiger partial charge in [-0.1, -0.05) is 12.1 Å². The van der Waals surface area contributed by atoms with Crippen LogP contribution in [0.1, 0.15) is 5.69 Å². The highest BCUT2D eigenvalue weighted by molar-refractivity contribution is 5.68. The molecule has 1 saturated heterocycles. The summed E-state index contributed by atoms with van der Waals surface area (Å²) in [7, 11) is 1.53. The molecule has 0 bridgehead atoms. The number of ether oxygens (including phenoxy) is 1. The van der Waals surface area contributed by atoms with Gasteiger partial charge in [-0.3, -0.25) is 0 Å². The maximum atomic E-state index is 14.1. The zero-order valence-corrected chi connectivity index (χ0v) is 16.7. The lowest BCUT2D eigenvalue weighted by Gasteiger charge is -2.36. The van der Waals surface area contributed by atoms with Crippen molar-refractivity contribution in [2.24, 2.45) is 5.73 Å². The van der Waals surface area contributed by atoms with Gasteiger partial charge in [-0.05, 0) is 36.4 Å². The molecule has 0 saturated carbocycles. The van der Waals surface area contributed by atoms with Crippen LogP contribution in [0.15, 0.2) is 48.5 Å². The maximum Gasteiger partial charge on any atom is 0.226 e. The van der Waals surface area contributed by atoms with Crippen LogP contribution in [0.3, 0.4) is 0 Å². The average Bonchev–Trinajstić information content (AvgIpc) is 2.79. The molecule has 1 aliphatic heterocycles. The smallest absolute Gasteiger partial charge is 0.226 e. The predicted octanol–water partition coefficient (Wildman–Crippen LogP) is 3.22. The van der Waals surface area contributed by atoms with Crippen LogP contribution in [0.2, 0.25) is 0 Å². The van der Waals surface area contributed by atoms with Gasteiger partial charge in [0.25, 0.3) is 0 Å². The second-order valence-corrected chi connectivity index (χ2v) is 7.02. The first-order valence-electron chi connectivity index (χ1n) is 9.75. The second kappa shape index (κ2) is 8.62. The number of piperazine rings is 1. The lowest BCUT2D eigenvalue weighted by atomic mass is 10.1. The molecule has 1 aromatic heterocycles. The summed E-state index contributed by atoms with van der Waals surface area (Å²) in [6, 6.07) is 12.8. The normalized spacial score (nSPS) is 14.1. The van der Waals surface area contributed by atoms with E-state index in [1.54, 1.807) is 24.3 Å². The summed E-state index contributed by atoms with van der Waals surface area (Å²) in [5, 5.41) is 0. The van der Waals surface area contributed by atoms with Crippen molar-refractivity contribution in [1.82, 2.24) is 9.97 Å². The molecule has 2 aromatic carbocycles. The number of para-hydroxylation sites is 1. The number of anilines is 2. The summed E-state index contributed by atoms with van der Waals surface area (Å²) in [4.78, 5) is 13.3. The third-order valence-corrected chi connectivity index (χ3v) is 5.17. The Kier molecular flexibility index (Phi) is 5.76. The lowest BCUT2D eigenvalue weighted by molar-refractivity contribution is 0.415. The maximum absolute atomic E-state index is 14.1. The van der Waals surface area contributed by atoms with Crippen LogP contribution < -0.4 is 20.3 Å². The highest BCUT2D eigenvalue weighted by Crippen LogP contribution is 2.31. The quantitative estimate of drug-likeness (QED) is 0.696. The highest BCUT2D eigenvalue weighted by Gasteiger charge is 2.22. The van der Waals surface area contributed by atoms with Gasteiger partial charge in [0.15, 0.2) is 0 Å². The van der Waals surface area contributed by atoms with E-state index in [2.05, 4.69) is 9.97 Å². The first kappa shape index (κ1) is 20.0. The summed E-state index contributed by atoms with van der Waals surface area (Å²) < 4.78 is 33.3. The van der Waals surface area contributed by atoms with Crippen molar-refractivity contribution in [2.75, 3.05) is 43.1 Å². The molecule has 2 heterocycles.